The van der Waals surface area contributed by atoms with Gasteiger partial charge in [-0.25, -0.2) is 9.37 Å². The van der Waals surface area contributed by atoms with E-state index in [4.69, 9.17) is 11.6 Å². The Morgan fingerprint density at radius 2 is 1.93 bits per heavy atom. The Bertz CT molecular complexity index is 1110. The summed E-state index contributed by atoms with van der Waals surface area (Å²) < 4.78 is 14.1. The Labute approximate surface area is 170 Å². The Morgan fingerprint density at radius 3 is 2.61 bits per heavy atom. The van der Waals surface area contributed by atoms with Crippen molar-refractivity contribution in [1.82, 2.24) is 9.97 Å². The molecule has 140 valence electrons. The molecule has 7 heteroatoms. The summed E-state index contributed by atoms with van der Waals surface area (Å²) in [6.07, 6.45) is 1.68. The van der Waals surface area contributed by atoms with Gasteiger partial charge in [-0.2, -0.15) is 0 Å². The minimum atomic E-state index is -0.393. The second-order valence-electron chi connectivity index (χ2n) is 6.26. The summed E-state index contributed by atoms with van der Waals surface area (Å²) in [4.78, 5) is 23.8. The van der Waals surface area contributed by atoms with Crippen molar-refractivity contribution in [2.45, 2.75) is 13.5 Å². The third-order valence-electron chi connectivity index (χ3n) is 4.30. The molecular formula is C21H15ClFN3OS. The SMILES string of the molecule is Cc1ccc(Cl)c2sc(N(Cc3ccccn3)C(=O)c3ccc(F)cc3)nc12. The van der Waals surface area contributed by atoms with Crippen LogP contribution in [0.1, 0.15) is 21.6 Å². The molecule has 2 aromatic heterocycles. The molecule has 0 N–H and O–H groups in total. The topological polar surface area (TPSA) is 46.1 Å². The molecule has 0 fully saturated rings. The third kappa shape index (κ3) is 3.61. The lowest BCUT2D eigenvalue weighted by Gasteiger charge is -2.19. The number of anilines is 1. The molecular weight excluding hydrogens is 397 g/mol. The maximum atomic E-state index is 13.3. The van der Waals surface area contributed by atoms with Gasteiger partial charge in [-0.05, 0) is 55.0 Å². The Morgan fingerprint density at radius 1 is 1.14 bits per heavy atom. The molecule has 0 saturated carbocycles. The molecule has 28 heavy (non-hydrogen) atoms. The number of hydrogen-bond donors (Lipinski definition) is 0. The molecule has 0 spiro atoms. The maximum absolute atomic E-state index is 13.3. The predicted octanol–water partition coefficient (Wildman–Crippen LogP) is 5.64. The zero-order valence-corrected chi connectivity index (χ0v) is 16.5. The molecule has 0 aliphatic heterocycles. The fourth-order valence-electron chi connectivity index (χ4n) is 2.83. The molecule has 4 nitrogen and oxygen atoms in total. The summed E-state index contributed by atoms with van der Waals surface area (Å²) in [6.45, 7) is 2.20. The number of halogens is 2. The number of carbonyl (C=O) groups is 1. The fourth-order valence-corrected chi connectivity index (χ4v) is 4.15. The number of aryl methyl sites for hydroxylation is 1. The number of hydrogen-bond acceptors (Lipinski definition) is 4. The lowest BCUT2D eigenvalue weighted by atomic mass is 10.2. The number of aromatic nitrogens is 2. The van der Waals surface area contributed by atoms with Crippen molar-refractivity contribution in [3.63, 3.8) is 0 Å². The molecule has 1 amide bonds. The van der Waals surface area contributed by atoms with Crippen LogP contribution in [0.2, 0.25) is 5.02 Å². The van der Waals surface area contributed by atoms with E-state index in [1.54, 1.807) is 11.1 Å². The van der Waals surface area contributed by atoms with E-state index >= 15 is 0 Å². The third-order valence-corrected chi connectivity index (χ3v) is 5.84. The zero-order chi connectivity index (χ0) is 19.7. The molecule has 0 radical (unpaired) electrons. The molecule has 0 aliphatic rings. The quantitative estimate of drug-likeness (QED) is 0.436. The largest absolute Gasteiger partial charge is 0.278 e. The van der Waals surface area contributed by atoms with Crippen LogP contribution >= 0.6 is 22.9 Å². The van der Waals surface area contributed by atoms with E-state index in [1.807, 2.05) is 37.3 Å². The van der Waals surface area contributed by atoms with E-state index in [2.05, 4.69) is 9.97 Å². The molecule has 2 heterocycles. The van der Waals surface area contributed by atoms with E-state index in [1.165, 1.54) is 35.6 Å². The zero-order valence-electron chi connectivity index (χ0n) is 14.9. The van der Waals surface area contributed by atoms with Crippen molar-refractivity contribution in [3.05, 3.63) is 88.5 Å². The number of nitrogens with zero attached hydrogens (tertiary/aromatic N) is 3. The summed E-state index contributed by atoms with van der Waals surface area (Å²) >= 11 is 7.69. The van der Waals surface area contributed by atoms with Gasteiger partial charge in [0, 0.05) is 11.8 Å². The van der Waals surface area contributed by atoms with Crippen LogP contribution in [0.4, 0.5) is 9.52 Å². The van der Waals surface area contributed by atoms with Crippen LogP contribution in [0, 0.1) is 12.7 Å². The summed E-state index contributed by atoms with van der Waals surface area (Å²) in [5, 5.41) is 1.11. The summed E-state index contributed by atoms with van der Waals surface area (Å²) in [5.41, 5.74) is 2.85. The molecule has 4 aromatic rings. The molecule has 0 bridgehead atoms. The highest BCUT2D eigenvalue weighted by atomic mass is 35.5. The van der Waals surface area contributed by atoms with Crippen molar-refractivity contribution in [2.75, 3.05) is 4.90 Å². The van der Waals surface area contributed by atoms with Gasteiger partial charge >= 0.3 is 0 Å². The van der Waals surface area contributed by atoms with Crippen LogP contribution < -0.4 is 4.90 Å². The lowest BCUT2D eigenvalue weighted by molar-refractivity contribution is 0.0985. The number of rotatable bonds is 4. The van der Waals surface area contributed by atoms with Gasteiger partial charge < -0.3 is 0 Å². The Hall–Kier alpha value is -2.83. The smallest absolute Gasteiger partial charge is 0.260 e. The van der Waals surface area contributed by atoms with Crippen LogP contribution in [0.3, 0.4) is 0 Å². The average Bonchev–Trinajstić information content (AvgIpc) is 3.16. The highest BCUT2D eigenvalue weighted by Gasteiger charge is 2.23. The van der Waals surface area contributed by atoms with E-state index in [-0.39, 0.29) is 12.5 Å². The van der Waals surface area contributed by atoms with Crippen LogP contribution in [0.25, 0.3) is 10.2 Å². The van der Waals surface area contributed by atoms with Crippen LogP contribution in [0.5, 0.6) is 0 Å². The summed E-state index contributed by atoms with van der Waals surface area (Å²) in [6, 6.07) is 14.7. The first-order valence-electron chi connectivity index (χ1n) is 8.56. The second-order valence-corrected chi connectivity index (χ2v) is 7.64. The Balaban J connectivity index is 1.80. The van der Waals surface area contributed by atoms with E-state index < -0.39 is 5.82 Å². The van der Waals surface area contributed by atoms with Gasteiger partial charge in [-0.15, -0.1) is 0 Å². The normalized spacial score (nSPS) is 11.0. The van der Waals surface area contributed by atoms with Gasteiger partial charge in [0.25, 0.3) is 5.91 Å². The average molecular weight is 412 g/mol. The number of amides is 1. The standard InChI is InChI=1S/C21H15ClFN3OS/c1-13-5-10-17(22)19-18(13)25-21(28-19)26(12-16-4-2-3-11-24-16)20(27)14-6-8-15(23)9-7-14/h2-11H,12H2,1H3. The van der Waals surface area contributed by atoms with Crippen molar-refractivity contribution in [1.29, 1.82) is 0 Å². The van der Waals surface area contributed by atoms with Gasteiger partial charge in [0.2, 0.25) is 0 Å². The molecule has 2 aromatic carbocycles. The first-order valence-corrected chi connectivity index (χ1v) is 9.75. The van der Waals surface area contributed by atoms with E-state index in [0.717, 1.165) is 21.5 Å². The minimum absolute atomic E-state index is 0.244. The molecule has 0 atom stereocenters. The number of thiazole rings is 1. The van der Waals surface area contributed by atoms with Crippen LogP contribution in [-0.4, -0.2) is 15.9 Å². The fraction of sp³-hybridized carbons (Fsp3) is 0.0952. The number of carbonyl (C=O) groups excluding carboxylic acids is 1. The lowest BCUT2D eigenvalue weighted by Crippen LogP contribution is -2.30. The van der Waals surface area contributed by atoms with Crippen LogP contribution in [-0.2, 0) is 6.54 Å². The van der Waals surface area contributed by atoms with Crippen LogP contribution in [0.15, 0.2) is 60.8 Å². The highest BCUT2D eigenvalue weighted by molar-refractivity contribution is 7.23. The number of pyridine rings is 1. The summed E-state index contributed by atoms with van der Waals surface area (Å²) in [7, 11) is 0. The van der Waals surface area contributed by atoms with Gasteiger partial charge in [-0.1, -0.05) is 35.1 Å². The molecule has 0 aliphatic carbocycles. The summed E-state index contributed by atoms with van der Waals surface area (Å²) in [5.74, 6) is -0.672. The van der Waals surface area contributed by atoms with Gasteiger partial charge in [0.1, 0.15) is 5.82 Å². The minimum Gasteiger partial charge on any atom is -0.278 e. The van der Waals surface area contributed by atoms with Gasteiger partial charge in [0.05, 0.1) is 27.5 Å². The van der Waals surface area contributed by atoms with Gasteiger partial charge in [0.15, 0.2) is 5.13 Å². The van der Waals surface area contributed by atoms with Gasteiger partial charge in [-0.3, -0.25) is 14.7 Å². The van der Waals surface area contributed by atoms with Crippen molar-refractivity contribution >= 4 is 44.2 Å². The molecule has 4 rings (SSSR count). The van der Waals surface area contributed by atoms with Crippen molar-refractivity contribution in [3.8, 4) is 0 Å². The van der Waals surface area contributed by atoms with Crippen molar-refractivity contribution < 1.29 is 9.18 Å². The number of benzene rings is 2. The molecule has 0 saturated heterocycles. The number of fused-ring (bicyclic) bond motifs is 1. The maximum Gasteiger partial charge on any atom is 0.260 e. The Kier molecular flexibility index (Phi) is 5.07. The van der Waals surface area contributed by atoms with Crippen molar-refractivity contribution in [2.24, 2.45) is 0 Å². The predicted molar refractivity (Wildman–Crippen MR) is 111 cm³/mol. The first-order chi connectivity index (χ1) is 13.5. The first kappa shape index (κ1) is 18.5. The van der Waals surface area contributed by atoms with E-state index in [9.17, 15) is 9.18 Å². The van der Waals surface area contributed by atoms with E-state index in [0.29, 0.717) is 15.7 Å². The highest BCUT2D eigenvalue weighted by Crippen LogP contribution is 2.36. The second kappa shape index (κ2) is 7.66. The monoisotopic (exact) mass is 411 g/mol. The molecule has 0 unspecified atom stereocenters.